The number of aromatic amines is 1. The van der Waals surface area contributed by atoms with Crippen molar-refractivity contribution in [3.8, 4) is 0 Å². The highest BCUT2D eigenvalue weighted by Gasteiger charge is 2.26. The molecule has 0 saturated carbocycles. The van der Waals surface area contributed by atoms with Crippen LogP contribution in [0.1, 0.15) is 11.4 Å². The Morgan fingerprint density at radius 3 is 2.89 bits per heavy atom. The first-order valence-corrected chi connectivity index (χ1v) is 5.71. The molecule has 0 unspecified atom stereocenters. The van der Waals surface area contributed by atoms with Gasteiger partial charge in [-0.05, 0) is 25.2 Å². The number of hydrogen-bond acceptors (Lipinski definition) is 4. The van der Waals surface area contributed by atoms with E-state index >= 15 is 0 Å². The lowest BCUT2D eigenvalue weighted by atomic mass is 10.1. The van der Waals surface area contributed by atoms with E-state index in [-0.39, 0.29) is 5.91 Å². The number of benzene rings is 1. The fraction of sp³-hybridized carbons (Fsp3) is 0.0909. The molecule has 1 aromatic heterocycles. The minimum Gasteiger partial charge on any atom is -0.320 e. The maximum absolute atomic E-state index is 11.9. The van der Waals surface area contributed by atoms with Crippen LogP contribution >= 0.6 is 12.2 Å². The molecule has 18 heavy (non-hydrogen) atoms. The van der Waals surface area contributed by atoms with Crippen LogP contribution < -0.4 is 5.32 Å². The lowest BCUT2D eigenvalue weighted by Gasteiger charge is -1.98. The molecule has 7 heteroatoms. The van der Waals surface area contributed by atoms with Gasteiger partial charge >= 0.3 is 0 Å². The number of aromatic nitrogens is 3. The Morgan fingerprint density at radius 1 is 1.39 bits per heavy atom. The van der Waals surface area contributed by atoms with Gasteiger partial charge in [0.05, 0.1) is 5.69 Å². The van der Waals surface area contributed by atoms with E-state index in [0.29, 0.717) is 16.3 Å². The SMILES string of the molecule is Cc1n[nH]c(=S)n1/N=C1\C(=O)Nc2ccccc21. The monoisotopic (exact) mass is 259 g/mol. The fourth-order valence-electron chi connectivity index (χ4n) is 1.79. The first kappa shape index (κ1) is 10.8. The van der Waals surface area contributed by atoms with Crippen LogP contribution in [0.15, 0.2) is 29.4 Å². The minimum atomic E-state index is -0.237. The second kappa shape index (κ2) is 3.88. The van der Waals surface area contributed by atoms with E-state index in [4.69, 9.17) is 12.2 Å². The molecule has 2 aromatic rings. The number of anilines is 1. The molecular weight excluding hydrogens is 250 g/mol. The van der Waals surface area contributed by atoms with Crippen LogP contribution in [0.2, 0.25) is 0 Å². The average Bonchev–Trinajstić information content (AvgIpc) is 2.84. The van der Waals surface area contributed by atoms with Crippen LogP contribution in [0, 0.1) is 11.7 Å². The van der Waals surface area contributed by atoms with E-state index < -0.39 is 0 Å². The molecule has 2 N–H and O–H groups in total. The molecule has 0 bridgehead atoms. The predicted molar refractivity (Wildman–Crippen MR) is 69.2 cm³/mol. The van der Waals surface area contributed by atoms with E-state index in [1.807, 2.05) is 24.3 Å². The normalized spacial score (nSPS) is 15.8. The number of nitrogens with one attached hydrogen (secondary N) is 2. The minimum absolute atomic E-state index is 0.237. The molecule has 0 fully saturated rings. The molecule has 1 aromatic carbocycles. The van der Waals surface area contributed by atoms with Crippen LogP contribution in [0.3, 0.4) is 0 Å². The lowest BCUT2D eigenvalue weighted by molar-refractivity contribution is -0.110. The van der Waals surface area contributed by atoms with Gasteiger partial charge in [0.15, 0.2) is 5.71 Å². The Labute approximate surface area is 107 Å². The molecule has 0 atom stereocenters. The van der Waals surface area contributed by atoms with Crippen LogP contribution in [-0.4, -0.2) is 26.5 Å². The molecular formula is C11H9N5OS. The molecule has 0 spiro atoms. The molecule has 6 nitrogen and oxygen atoms in total. The van der Waals surface area contributed by atoms with Crippen LogP contribution in [0.4, 0.5) is 5.69 Å². The third-order valence-corrected chi connectivity index (χ3v) is 2.92. The summed E-state index contributed by atoms with van der Waals surface area (Å²) >= 11 is 5.05. The summed E-state index contributed by atoms with van der Waals surface area (Å²) in [5.74, 6) is 0.364. The third kappa shape index (κ3) is 1.56. The number of aryl methyl sites for hydroxylation is 1. The van der Waals surface area contributed by atoms with Crippen molar-refractivity contribution in [3.05, 3.63) is 40.4 Å². The van der Waals surface area contributed by atoms with Gasteiger partial charge in [0.1, 0.15) is 5.82 Å². The maximum atomic E-state index is 11.9. The van der Waals surface area contributed by atoms with Crippen molar-refractivity contribution in [2.24, 2.45) is 5.10 Å². The summed E-state index contributed by atoms with van der Waals surface area (Å²) in [6.07, 6.45) is 0. The Kier molecular flexibility index (Phi) is 2.34. The molecule has 2 heterocycles. The number of rotatable bonds is 1. The highest BCUT2D eigenvalue weighted by molar-refractivity contribution is 7.71. The van der Waals surface area contributed by atoms with Crippen molar-refractivity contribution in [1.29, 1.82) is 0 Å². The average molecular weight is 259 g/mol. The highest BCUT2D eigenvalue weighted by Crippen LogP contribution is 2.22. The second-order valence-corrected chi connectivity index (χ2v) is 4.22. The number of amides is 1. The zero-order valence-corrected chi connectivity index (χ0v) is 10.3. The van der Waals surface area contributed by atoms with Crippen LogP contribution in [0.25, 0.3) is 0 Å². The Hall–Kier alpha value is -2.28. The quantitative estimate of drug-likeness (QED) is 0.761. The summed E-state index contributed by atoms with van der Waals surface area (Å²) in [6.45, 7) is 1.76. The van der Waals surface area contributed by atoms with Gasteiger partial charge in [-0.3, -0.25) is 9.89 Å². The van der Waals surface area contributed by atoms with E-state index in [9.17, 15) is 4.79 Å². The summed E-state index contributed by atoms with van der Waals surface area (Å²) in [5.41, 5.74) is 1.87. The molecule has 1 amide bonds. The summed E-state index contributed by atoms with van der Waals surface area (Å²) < 4.78 is 1.80. The zero-order chi connectivity index (χ0) is 12.7. The van der Waals surface area contributed by atoms with Gasteiger partial charge in [0, 0.05) is 5.56 Å². The summed E-state index contributed by atoms with van der Waals surface area (Å²) in [7, 11) is 0. The van der Waals surface area contributed by atoms with Crippen molar-refractivity contribution >= 4 is 29.5 Å². The number of fused-ring (bicyclic) bond motifs is 1. The zero-order valence-electron chi connectivity index (χ0n) is 9.47. The maximum Gasteiger partial charge on any atom is 0.276 e. The third-order valence-electron chi connectivity index (χ3n) is 2.66. The van der Waals surface area contributed by atoms with Gasteiger partial charge in [-0.2, -0.15) is 14.9 Å². The summed E-state index contributed by atoms with van der Waals surface area (Å²) in [4.78, 5) is 11.9. The molecule has 90 valence electrons. The Morgan fingerprint density at radius 2 is 2.17 bits per heavy atom. The van der Waals surface area contributed by atoms with E-state index in [1.165, 1.54) is 4.68 Å². The Bertz CT molecular complexity index is 727. The van der Waals surface area contributed by atoms with Gasteiger partial charge in [-0.25, -0.2) is 0 Å². The van der Waals surface area contributed by atoms with E-state index in [0.717, 1.165) is 11.3 Å². The highest BCUT2D eigenvalue weighted by atomic mass is 32.1. The van der Waals surface area contributed by atoms with E-state index in [2.05, 4.69) is 20.6 Å². The largest absolute Gasteiger partial charge is 0.320 e. The van der Waals surface area contributed by atoms with Gasteiger partial charge in [-0.1, -0.05) is 18.2 Å². The molecule has 0 saturated heterocycles. The standard InChI is InChI=1S/C11H9N5OS/c1-6-13-14-11(18)16(6)15-9-7-4-2-3-5-8(7)12-10(9)17/h2-5H,1H3,(H,14,18)(H,12,15,17). The summed E-state index contributed by atoms with van der Waals surface area (Å²) in [6, 6.07) is 7.38. The molecule has 0 aliphatic carbocycles. The number of H-pyrrole nitrogens is 1. The van der Waals surface area contributed by atoms with E-state index in [1.54, 1.807) is 6.92 Å². The van der Waals surface area contributed by atoms with Gasteiger partial charge in [0.2, 0.25) is 4.77 Å². The van der Waals surface area contributed by atoms with Crippen molar-refractivity contribution in [1.82, 2.24) is 14.9 Å². The van der Waals surface area contributed by atoms with Crippen LogP contribution in [0.5, 0.6) is 0 Å². The first-order valence-electron chi connectivity index (χ1n) is 5.30. The van der Waals surface area contributed by atoms with Crippen molar-refractivity contribution in [3.63, 3.8) is 0 Å². The molecule has 0 radical (unpaired) electrons. The topological polar surface area (TPSA) is 75.1 Å². The van der Waals surface area contributed by atoms with Crippen LogP contribution in [-0.2, 0) is 4.79 Å². The van der Waals surface area contributed by atoms with Crippen molar-refractivity contribution in [2.75, 3.05) is 5.32 Å². The lowest BCUT2D eigenvalue weighted by Crippen LogP contribution is -2.16. The smallest absolute Gasteiger partial charge is 0.276 e. The van der Waals surface area contributed by atoms with Crippen molar-refractivity contribution < 1.29 is 4.79 Å². The second-order valence-electron chi connectivity index (χ2n) is 3.84. The molecule has 1 aliphatic heterocycles. The Balaban J connectivity index is 2.19. The number of nitrogens with zero attached hydrogens (tertiary/aromatic N) is 3. The molecule has 3 rings (SSSR count). The number of para-hydroxylation sites is 1. The van der Waals surface area contributed by atoms with Crippen molar-refractivity contribution in [2.45, 2.75) is 6.92 Å². The van der Waals surface area contributed by atoms with Gasteiger partial charge < -0.3 is 5.32 Å². The summed E-state index contributed by atoms with van der Waals surface area (Å²) in [5, 5.41) is 13.6. The number of carbonyl (C=O) groups is 1. The number of hydrogen-bond donors (Lipinski definition) is 2. The predicted octanol–water partition coefficient (Wildman–Crippen LogP) is 1.45. The van der Waals surface area contributed by atoms with Gasteiger partial charge in [0.25, 0.3) is 5.91 Å². The number of carbonyl (C=O) groups excluding carboxylic acids is 1. The molecule has 1 aliphatic rings. The fourth-order valence-corrected chi connectivity index (χ4v) is 2.01. The first-order chi connectivity index (χ1) is 8.66. The van der Waals surface area contributed by atoms with Gasteiger partial charge in [-0.15, -0.1) is 0 Å².